The summed E-state index contributed by atoms with van der Waals surface area (Å²) in [5.74, 6) is 8.66. The average Bonchev–Trinajstić information content (AvgIpc) is 1.64. The van der Waals surface area contributed by atoms with Gasteiger partial charge in [-0.2, -0.15) is 0 Å². The van der Waals surface area contributed by atoms with Crippen LogP contribution < -0.4 is 47.4 Å². The molecule has 5 aliphatic rings. The third-order valence-electron chi connectivity index (χ3n) is 20.6. The minimum absolute atomic E-state index is 0.0602. The van der Waals surface area contributed by atoms with E-state index in [0.29, 0.717) is 109 Å². The largest absolute Gasteiger partial charge is 0.490 e. The highest BCUT2D eigenvalue weighted by Crippen LogP contribution is 2.42. The van der Waals surface area contributed by atoms with E-state index in [-0.39, 0.29) is 61.8 Å². The Morgan fingerprint density at radius 3 is 1.20 bits per heavy atom. The second kappa shape index (κ2) is 34.5. The lowest BCUT2D eigenvalue weighted by Gasteiger charge is -2.33. The van der Waals surface area contributed by atoms with Gasteiger partial charge in [-0.05, 0) is 204 Å². The molecule has 0 saturated carbocycles. The summed E-state index contributed by atoms with van der Waals surface area (Å²) in [4.78, 5) is 6.91. The Morgan fingerprint density at radius 2 is 0.777 bits per heavy atom. The molecule has 28 nitrogen and oxygen atoms in total. The van der Waals surface area contributed by atoms with Gasteiger partial charge in [0.15, 0.2) is 40.3 Å². The number of benzene rings is 7. The van der Waals surface area contributed by atoms with Crippen LogP contribution in [0.3, 0.4) is 0 Å². The van der Waals surface area contributed by atoms with Gasteiger partial charge >= 0.3 is 18.2 Å². The van der Waals surface area contributed by atoms with E-state index in [1.165, 1.54) is 34.6 Å². The monoisotopic (exact) mass is 1530 g/mol. The molecule has 13 aromatic rings. The molecule has 0 spiro atoms. The molecule has 3 saturated heterocycles. The average molecular weight is 1530 g/mol. The van der Waals surface area contributed by atoms with Crippen molar-refractivity contribution in [3.05, 3.63) is 168 Å². The number of likely N-dealkylation sites (tertiary alicyclic amines) is 3. The number of aliphatic hydroxyl groups is 3. The molecule has 18 rings (SSSR count). The fourth-order valence-electron chi connectivity index (χ4n) is 15.0. The lowest BCUT2D eigenvalue weighted by atomic mass is 9.88. The highest BCUT2D eigenvalue weighted by atomic mass is 16.7. The lowest BCUT2D eigenvalue weighted by Crippen LogP contribution is -2.40. The third kappa shape index (κ3) is 17.8. The Morgan fingerprint density at radius 1 is 0.393 bits per heavy atom. The maximum absolute atomic E-state index is 10.8. The number of nitrogens with zero attached hydrogens (tertiary/aromatic N) is 9. The quantitative estimate of drug-likeness (QED) is 0.0453. The van der Waals surface area contributed by atoms with Crippen molar-refractivity contribution >= 4 is 43.7 Å². The van der Waals surface area contributed by atoms with Crippen molar-refractivity contribution in [3.63, 3.8) is 0 Å². The van der Waals surface area contributed by atoms with E-state index in [1.807, 2.05) is 87.5 Å². The van der Waals surface area contributed by atoms with E-state index in [0.717, 1.165) is 117 Å². The number of aliphatic hydroxyl groups excluding tert-OH is 3. The molecule has 0 unspecified atom stereocenters. The molecular weight excluding hydrogens is 1440 g/mol. The minimum atomic E-state index is -0.617. The first-order chi connectivity index (χ1) is 54.8. The summed E-state index contributed by atoms with van der Waals surface area (Å²) >= 11 is 0. The van der Waals surface area contributed by atoms with E-state index >= 15 is 0 Å². The van der Waals surface area contributed by atoms with E-state index in [1.54, 1.807) is 18.2 Å². The van der Waals surface area contributed by atoms with Crippen LogP contribution in [0, 0.1) is 0 Å². The molecular formula is C84H89N9O19. The van der Waals surface area contributed by atoms with Gasteiger partial charge < -0.3 is 104 Å². The summed E-state index contributed by atoms with van der Waals surface area (Å²) in [5, 5.41) is 60.5. The summed E-state index contributed by atoms with van der Waals surface area (Å²) in [6.45, 7) is 14.5. The molecule has 112 heavy (non-hydrogen) atoms. The molecule has 28 heteroatoms. The molecule has 6 aromatic heterocycles. The van der Waals surface area contributed by atoms with Gasteiger partial charge in [0, 0.05) is 37.8 Å². The molecule has 0 bridgehead atoms. The van der Waals surface area contributed by atoms with E-state index < -0.39 is 18.3 Å². The van der Waals surface area contributed by atoms with Crippen molar-refractivity contribution in [3.8, 4) is 93.4 Å². The number of rotatable bonds is 26. The van der Waals surface area contributed by atoms with Crippen LogP contribution in [0.15, 0.2) is 178 Å². The zero-order valence-corrected chi connectivity index (χ0v) is 62.7. The van der Waals surface area contributed by atoms with Gasteiger partial charge in [-0.3, -0.25) is 0 Å². The molecule has 3 fully saturated rings. The number of aromatic nitrogens is 6. The summed E-state index contributed by atoms with van der Waals surface area (Å²) in [6.07, 6.45) is 4.65. The van der Waals surface area contributed by atoms with Gasteiger partial charge in [0.1, 0.15) is 72.1 Å². The van der Waals surface area contributed by atoms with E-state index in [4.69, 9.17) is 73.9 Å². The Bertz CT molecular complexity index is 5280. The fraction of sp³-hybridized carbons (Fsp3) is 0.381. The molecule has 584 valence electrons. The Kier molecular flexibility index (Phi) is 23.0. The van der Waals surface area contributed by atoms with Crippen molar-refractivity contribution in [2.45, 2.75) is 101 Å². The molecule has 0 radical (unpaired) electrons. The number of furan rings is 3. The SMILES string of the molecule is CC(C)Oc1nnc(-c2cc3c(OC[C@@H](O)CN4CCC(c5ccc6ccccc6c5)CC4)cccc3o2)o1.CCOc1nnc(-c2cc3c(OC[C@@H](O)CN4CCC(c5ccc6c(c5)OCO6)CC4)cccc3o2)o1.COc1nnc(-c2cc3c(OC[C@@H](O)CN4CCC(c5ccc6c(c5)OCO6)CC4)cccc3o2)o1. The van der Waals surface area contributed by atoms with Crippen LogP contribution in [0.5, 0.6) is 58.5 Å². The first kappa shape index (κ1) is 74.7. The second-order valence-corrected chi connectivity index (χ2v) is 28.7. The Labute approximate surface area is 644 Å². The van der Waals surface area contributed by atoms with Gasteiger partial charge in [-0.1, -0.05) is 88.1 Å². The Balaban J connectivity index is 0.000000127. The topological polar surface area (TPSA) is 319 Å². The second-order valence-electron chi connectivity index (χ2n) is 28.7. The molecule has 7 aromatic carbocycles. The van der Waals surface area contributed by atoms with Gasteiger partial charge in [0.25, 0.3) is 17.7 Å². The molecule has 11 heterocycles. The maximum atomic E-state index is 10.8. The van der Waals surface area contributed by atoms with Gasteiger partial charge in [-0.25, -0.2) is 0 Å². The number of β-amino-alcohol motifs (C(OH)–C–C–N with tert-alkyl or cyclic N) is 3. The van der Waals surface area contributed by atoms with Gasteiger partial charge in [0.2, 0.25) is 13.6 Å². The smallest absolute Gasteiger partial charge is 0.415 e. The molecule has 3 atom stereocenters. The fourth-order valence-corrected chi connectivity index (χ4v) is 15.0. The zero-order chi connectivity index (χ0) is 76.4. The van der Waals surface area contributed by atoms with E-state index in [2.05, 4.69) is 112 Å². The standard InChI is InChI=1S/C31H33N3O5.C27H29N3O7.C26H27N3O7/c1-20(2)37-31-33-32-30(39-31)29-17-26-27(8-5-9-28(26)38-29)36-19-25(35)18-34-14-12-22(13-15-34)24-11-10-21-6-3-4-7-23(21)16-24;1-2-32-27-29-28-26(37-27)25-13-20-21(4-3-5-22(20)36-25)33-15-19(31)14-30-10-8-17(9-11-30)18-6-7-23-24(12-18)35-16-34-23;1-31-26-28-27-25(36-26)24-12-19-20(3-2-4-21(19)35-24)32-14-18(30)13-29-9-7-16(8-10-29)17-5-6-22-23(11-17)34-15-33-22/h3-11,16-17,20,22,25,35H,12-15,18-19H2,1-2H3;3-7,12-13,17,19,31H,2,8-11,14-16H2,1H3;2-6,11-12,16,18,30H,7-10,13-15H2,1H3/t25-;19-;18-/m000/s1. The lowest BCUT2D eigenvalue weighted by molar-refractivity contribution is 0.0598. The molecule has 3 N–H and O–H groups in total. The normalized spacial score (nSPS) is 16.5. The zero-order valence-electron chi connectivity index (χ0n) is 62.7. The first-order valence-electron chi connectivity index (χ1n) is 38.1. The number of fused-ring (bicyclic) bond motifs is 6. The van der Waals surface area contributed by atoms with Crippen LogP contribution in [0.25, 0.3) is 78.6 Å². The van der Waals surface area contributed by atoms with Crippen molar-refractivity contribution in [2.24, 2.45) is 0 Å². The molecule has 5 aliphatic heterocycles. The summed E-state index contributed by atoms with van der Waals surface area (Å²) in [5.41, 5.74) is 5.87. The number of piperidine rings is 3. The number of methoxy groups -OCH3 is 1. The Hall–Kier alpha value is -11.4. The third-order valence-corrected chi connectivity index (χ3v) is 20.6. The number of hydrogen-bond acceptors (Lipinski definition) is 28. The van der Waals surface area contributed by atoms with Crippen LogP contribution in [0.4, 0.5) is 0 Å². The highest BCUT2D eigenvalue weighted by Gasteiger charge is 2.30. The van der Waals surface area contributed by atoms with Crippen LogP contribution in [-0.4, -0.2) is 191 Å². The van der Waals surface area contributed by atoms with Crippen LogP contribution in [-0.2, 0) is 0 Å². The summed E-state index contributed by atoms with van der Waals surface area (Å²) < 4.78 is 89.6. The minimum Gasteiger partial charge on any atom is -0.490 e. The summed E-state index contributed by atoms with van der Waals surface area (Å²) in [6, 6.07) is 49.8. The predicted molar refractivity (Wildman–Crippen MR) is 411 cm³/mol. The number of hydrogen-bond donors (Lipinski definition) is 3. The molecule has 0 aliphatic carbocycles. The maximum Gasteiger partial charge on any atom is 0.415 e. The van der Waals surface area contributed by atoms with E-state index in [9.17, 15) is 15.3 Å². The van der Waals surface area contributed by atoms with Crippen LogP contribution in [0.1, 0.15) is 93.7 Å². The van der Waals surface area contributed by atoms with Gasteiger partial charge in [-0.15, -0.1) is 15.3 Å². The van der Waals surface area contributed by atoms with Crippen molar-refractivity contribution in [1.29, 1.82) is 0 Å². The highest BCUT2D eigenvalue weighted by molar-refractivity contribution is 5.89. The van der Waals surface area contributed by atoms with Crippen molar-refractivity contribution in [2.75, 3.05) is 106 Å². The van der Waals surface area contributed by atoms with Crippen molar-refractivity contribution < 1.29 is 89.2 Å². The first-order valence-corrected chi connectivity index (χ1v) is 38.1. The van der Waals surface area contributed by atoms with Crippen LogP contribution in [0.2, 0.25) is 0 Å². The number of ether oxygens (including phenoxy) is 10. The predicted octanol–water partition coefficient (Wildman–Crippen LogP) is 14.1. The van der Waals surface area contributed by atoms with Crippen molar-refractivity contribution in [1.82, 2.24) is 45.3 Å². The summed E-state index contributed by atoms with van der Waals surface area (Å²) in [7, 11) is 1.45. The molecule has 0 amide bonds. The van der Waals surface area contributed by atoms with Crippen LogP contribution >= 0.6 is 0 Å². The van der Waals surface area contributed by atoms with Gasteiger partial charge in [0.05, 0.1) is 36.0 Å².